The zero-order chi connectivity index (χ0) is 27.2. The van der Waals surface area contributed by atoms with Crippen molar-refractivity contribution in [3.8, 4) is 11.5 Å². The van der Waals surface area contributed by atoms with E-state index in [2.05, 4.69) is 25.7 Å². The second kappa shape index (κ2) is 12.5. The van der Waals surface area contributed by atoms with Crippen LogP contribution in [-0.4, -0.2) is 65.5 Å². The summed E-state index contributed by atoms with van der Waals surface area (Å²) in [5.41, 5.74) is 2.37. The van der Waals surface area contributed by atoms with Crippen molar-refractivity contribution in [3.63, 3.8) is 0 Å². The molecular weight excluding hydrogens is 480 g/mol. The first-order chi connectivity index (χ1) is 18.4. The van der Waals surface area contributed by atoms with Crippen LogP contribution < -0.4 is 9.47 Å². The van der Waals surface area contributed by atoms with Crippen molar-refractivity contribution in [2.45, 2.75) is 65.5 Å². The molecule has 2 aromatic rings. The third-order valence-corrected chi connectivity index (χ3v) is 7.42. The van der Waals surface area contributed by atoms with E-state index < -0.39 is 17.7 Å². The first-order valence-corrected chi connectivity index (χ1v) is 13.9. The van der Waals surface area contributed by atoms with E-state index >= 15 is 0 Å². The van der Waals surface area contributed by atoms with Crippen LogP contribution in [0, 0.1) is 0 Å². The van der Waals surface area contributed by atoms with Gasteiger partial charge in [0.1, 0.15) is 23.4 Å². The molecule has 4 rings (SSSR count). The molecule has 0 unspecified atom stereocenters. The average Bonchev–Trinajstić information content (AvgIpc) is 3.42. The summed E-state index contributed by atoms with van der Waals surface area (Å²) in [6, 6.07) is 12.3. The van der Waals surface area contributed by atoms with Crippen LogP contribution in [0.25, 0.3) is 5.76 Å². The molecule has 1 amide bonds. The fraction of sp³-hybridized carbons (Fsp3) is 0.484. The van der Waals surface area contributed by atoms with Gasteiger partial charge in [0.2, 0.25) is 0 Å². The average molecular weight is 521 g/mol. The molecule has 2 heterocycles. The topological polar surface area (TPSA) is 79.3 Å². The van der Waals surface area contributed by atoms with E-state index in [-0.39, 0.29) is 17.4 Å². The van der Waals surface area contributed by atoms with Crippen LogP contribution in [0.2, 0.25) is 0 Å². The van der Waals surface area contributed by atoms with E-state index in [1.54, 1.807) is 11.0 Å². The summed E-state index contributed by atoms with van der Waals surface area (Å²) in [7, 11) is 0. The number of unbranched alkanes of at least 4 members (excludes halogenated alkanes) is 1. The van der Waals surface area contributed by atoms with Crippen molar-refractivity contribution in [3.05, 3.63) is 64.7 Å². The molecule has 0 aliphatic carbocycles. The molecule has 7 heteroatoms. The van der Waals surface area contributed by atoms with E-state index in [0.717, 1.165) is 62.2 Å². The minimum atomic E-state index is -0.690. The van der Waals surface area contributed by atoms with Crippen LogP contribution >= 0.6 is 0 Å². The normalized spacial score (nSPS) is 20.2. The van der Waals surface area contributed by atoms with Crippen LogP contribution in [0.1, 0.15) is 69.7 Å². The van der Waals surface area contributed by atoms with Gasteiger partial charge in [0.05, 0.1) is 18.2 Å². The highest BCUT2D eigenvalue weighted by atomic mass is 16.5. The highest BCUT2D eigenvalue weighted by molar-refractivity contribution is 6.46. The molecule has 0 saturated carbocycles. The number of carbonyl (C=O) groups is 2. The zero-order valence-corrected chi connectivity index (χ0v) is 23.0. The number of amides is 1. The van der Waals surface area contributed by atoms with Gasteiger partial charge in [-0.25, -0.2) is 0 Å². The maximum Gasteiger partial charge on any atom is 0.295 e. The fourth-order valence-corrected chi connectivity index (χ4v) is 5.30. The predicted octanol–water partition coefficient (Wildman–Crippen LogP) is 5.34. The molecule has 204 valence electrons. The number of rotatable bonds is 12. The fourth-order valence-electron chi connectivity index (χ4n) is 5.30. The van der Waals surface area contributed by atoms with Crippen LogP contribution in [0.15, 0.2) is 48.0 Å². The number of likely N-dealkylation sites (tertiary alicyclic amines) is 1. The highest BCUT2D eigenvalue weighted by Gasteiger charge is 2.46. The first-order valence-electron chi connectivity index (χ1n) is 13.9. The number of ketones is 1. The third-order valence-electron chi connectivity index (χ3n) is 7.42. The zero-order valence-electron chi connectivity index (χ0n) is 23.0. The van der Waals surface area contributed by atoms with Crippen LogP contribution in [-0.2, 0) is 16.0 Å². The smallest absolute Gasteiger partial charge is 0.295 e. The van der Waals surface area contributed by atoms with Crippen LogP contribution in [0.4, 0.5) is 0 Å². The lowest BCUT2D eigenvalue weighted by atomic mass is 9.94. The lowest BCUT2D eigenvalue weighted by Crippen LogP contribution is -2.33. The van der Waals surface area contributed by atoms with Crippen LogP contribution in [0.3, 0.4) is 0 Å². The summed E-state index contributed by atoms with van der Waals surface area (Å²) < 4.78 is 11.7. The number of benzene rings is 2. The van der Waals surface area contributed by atoms with Crippen molar-refractivity contribution in [1.82, 2.24) is 9.80 Å². The third kappa shape index (κ3) is 5.88. The van der Waals surface area contributed by atoms with E-state index in [0.29, 0.717) is 24.5 Å². The van der Waals surface area contributed by atoms with E-state index in [9.17, 15) is 14.7 Å². The Balaban J connectivity index is 1.72. The molecule has 2 atom stereocenters. The molecule has 38 heavy (non-hydrogen) atoms. The molecule has 2 aliphatic rings. The molecular formula is C31H40N2O5. The highest BCUT2D eigenvalue weighted by Crippen LogP contribution is 2.41. The molecule has 2 aromatic carbocycles. The number of ether oxygens (including phenoxy) is 2. The maximum atomic E-state index is 13.4. The number of Topliss-reactive ketones (excluding diaryl/α,β-unsaturated/α-hetero) is 1. The van der Waals surface area contributed by atoms with Crippen molar-refractivity contribution in [2.24, 2.45) is 0 Å². The summed E-state index contributed by atoms with van der Waals surface area (Å²) in [6.45, 7) is 12.0. The van der Waals surface area contributed by atoms with Crippen molar-refractivity contribution >= 4 is 17.4 Å². The molecule has 0 spiro atoms. The maximum absolute atomic E-state index is 13.4. The minimum Gasteiger partial charge on any atom is -0.507 e. The van der Waals surface area contributed by atoms with Crippen molar-refractivity contribution in [2.75, 3.05) is 32.8 Å². The quantitative estimate of drug-likeness (QED) is 0.176. The summed E-state index contributed by atoms with van der Waals surface area (Å²) >= 11 is 0. The van der Waals surface area contributed by atoms with Crippen LogP contribution in [0.5, 0.6) is 11.5 Å². The summed E-state index contributed by atoms with van der Waals surface area (Å²) in [6.07, 6.45) is 3.49. The SMILES string of the molecule is CCCCOc1cccc([C@H]2C(=C(O)c3ccc4c(c3)C[C@H](C)O4)C(=O)C(=O)N2CCCN(CC)CC)c1. The Labute approximate surface area is 226 Å². The second-order valence-electron chi connectivity index (χ2n) is 10.1. The number of aliphatic hydroxyl groups is 1. The lowest BCUT2D eigenvalue weighted by molar-refractivity contribution is -0.140. The minimum absolute atomic E-state index is 0.0641. The molecule has 1 fully saturated rings. The van der Waals surface area contributed by atoms with Crippen molar-refractivity contribution < 1.29 is 24.2 Å². The Kier molecular flexibility index (Phi) is 9.10. The number of hydrogen-bond donors (Lipinski definition) is 1. The summed E-state index contributed by atoms with van der Waals surface area (Å²) in [4.78, 5) is 30.7. The van der Waals surface area contributed by atoms with Gasteiger partial charge < -0.3 is 24.4 Å². The molecule has 1 saturated heterocycles. The largest absolute Gasteiger partial charge is 0.507 e. The second-order valence-corrected chi connectivity index (χ2v) is 10.1. The molecule has 0 radical (unpaired) electrons. The Morgan fingerprint density at radius 3 is 2.63 bits per heavy atom. The number of nitrogens with zero attached hydrogens (tertiary/aromatic N) is 2. The van der Waals surface area contributed by atoms with Gasteiger partial charge in [-0.3, -0.25) is 9.59 Å². The van der Waals surface area contributed by atoms with Gasteiger partial charge in [0, 0.05) is 18.5 Å². The van der Waals surface area contributed by atoms with Gasteiger partial charge in [0.25, 0.3) is 11.7 Å². The van der Waals surface area contributed by atoms with Gasteiger partial charge in [0.15, 0.2) is 0 Å². The molecule has 7 nitrogen and oxygen atoms in total. The van der Waals surface area contributed by atoms with E-state index in [4.69, 9.17) is 9.47 Å². The Bertz CT molecular complexity index is 1190. The van der Waals surface area contributed by atoms with Gasteiger partial charge >= 0.3 is 0 Å². The molecule has 0 bridgehead atoms. The molecule has 0 aromatic heterocycles. The number of hydrogen-bond acceptors (Lipinski definition) is 6. The first kappa shape index (κ1) is 27.7. The Morgan fingerprint density at radius 2 is 1.89 bits per heavy atom. The van der Waals surface area contributed by atoms with E-state index in [1.165, 1.54) is 0 Å². The monoisotopic (exact) mass is 520 g/mol. The van der Waals surface area contributed by atoms with Crippen molar-refractivity contribution in [1.29, 1.82) is 0 Å². The number of aliphatic hydroxyl groups excluding tert-OH is 1. The van der Waals surface area contributed by atoms with E-state index in [1.807, 2.05) is 43.3 Å². The predicted molar refractivity (Wildman–Crippen MR) is 148 cm³/mol. The summed E-state index contributed by atoms with van der Waals surface area (Å²) in [5.74, 6) is 0.0938. The molecule has 2 aliphatic heterocycles. The van der Waals surface area contributed by atoms with Gasteiger partial charge in [-0.15, -0.1) is 0 Å². The van der Waals surface area contributed by atoms with Gasteiger partial charge in [-0.05, 0) is 80.9 Å². The molecule has 1 N–H and O–H groups in total. The number of fused-ring (bicyclic) bond motifs is 1. The van der Waals surface area contributed by atoms with Gasteiger partial charge in [-0.2, -0.15) is 0 Å². The summed E-state index contributed by atoms with van der Waals surface area (Å²) in [5, 5.41) is 11.5. The lowest BCUT2D eigenvalue weighted by Gasteiger charge is -2.27. The number of carbonyl (C=O) groups excluding carboxylic acids is 2. The Hall–Kier alpha value is -3.32. The Morgan fingerprint density at radius 1 is 1.11 bits per heavy atom. The standard InChI is InChI=1S/C31H40N2O5/c1-5-8-17-37-25-12-9-11-22(20-25)28-27(29(34)23-13-14-26-24(19-23)18-21(4)38-26)30(35)31(36)33(28)16-10-15-32(6-2)7-3/h9,11-14,19-21,28,34H,5-8,10,15-18H2,1-4H3/t21-,28-/m0/s1. The van der Waals surface area contributed by atoms with Gasteiger partial charge in [-0.1, -0.05) is 39.3 Å².